The van der Waals surface area contributed by atoms with E-state index in [0.717, 1.165) is 25.7 Å². The second-order valence-corrected chi connectivity index (χ2v) is 10.9. The van der Waals surface area contributed by atoms with E-state index in [2.05, 4.69) is 32.1 Å². The molecule has 0 spiro atoms. The van der Waals surface area contributed by atoms with Crippen molar-refractivity contribution in [2.45, 2.75) is 84.5 Å². The van der Waals surface area contributed by atoms with Gasteiger partial charge in [-0.2, -0.15) is 0 Å². The standard InChI is InChI=1S/C24H36O5.H3O4P/c1-5-15(3)24(27)29-21-11-14(2)10-17-7-6-16(4)20(23(17)21)9-8-19-12-18(25)13-22(26)28-19;1-5(2,3)4/h6-7,10,14-16,18-21,23,25H,5,8-9,11-13H2,1-4H3;(H3,1,2,3,4)/t14-,15-,16-,18+,19+,20-,21-,23-;/m0./s1. The molecule has 194 valence electrons. The quantitative estimate of drug-likeness (QED) is 0.317. The highest BCUT2D eigenvalue weighted by Crippen LogP contribution is 2.45. The van der Waals surface area contributed by atoms with E-state index in [0.29, 0.717) is 24.2 Å². The minimum Gasteiger partial charge on any atom is -0.462 e. The van der Waals surface area contributed by atoms with Crippen LogP contribution < -0.4 is 0 Å². The van der Waals surface area contributed by atoms with E-state index in [9.17, 15) is 14.7 Å². The van der Waals surface area contributed by atoms with Crippen LogP contribution in [0.5, 0.6) is 0 Å². The Morgan fingerprint density at radius 1 is 1.24 bits per heavy atom. The van der Waals surface area contributed by atoms with Crippen molar-refractivity contribution in [3.05, 3.63) is 23.8 Å². The summed E-state index contributed by atoms with van der Waals surface area (Å²) in [5.41, 5.74) is 1.27. The van der Waals surface area contributed by atoms with Crippen LogP contribution in [-0.2, 0) is 23.6 Å². The van der Waals surface area contributed by atoms with Gasteiger partial charge in [-0.15, -0.1) is 0 Å². The lowest BCUT2D eigenvalue weighted by Gasteiger charge is -2.43. The Labute approximate surface area is 201 Å². The number of aliphatic hydroxyl groups excluding tert-OH is 1. The van der Waals surface area contributed by atoms with Crippen LogP contribution in [0.25, 0.3) is 0 Å². The summed E-state index contributed by atoms with van der Waals surface area (Å²) in [5.74, 6) is 0.755. The minimum absolute atomic E-state index is 0.0854. The third kappa shape index (κ3) is 8.93. The smallest absolute Gasteiger partial charge is 0.462 e. The maximum atomic E-state index is 12.5. The Morgan fingerprint density at radius 3 is 2.47 bits per heavy atom. The van der Waals surface area contributed by atoms with Gasteiger partial charge in [0, 0.05) is 12.3 Å². The van der Waals surface area contributed by atoms with Crippen molar-refractivity contribution >= 4 is 19.8 Å². The number of carbonyl (C=O) groups is 2. The fourth-order valence-electron chi connectivity index (χ4n) is 5.07. The van der Waals surface area contributed by atoms with Crippen molar-refractivity contribution < 1.29 is 43.4 Å². The first-order chi connectivity index (χ1) is 15.8. The molecule has 34 heavy (non-hydrogen) atoms. The van der Waals surface area contributed by atoms with Crippen molar-refractivity contribution in [3.63, 3.8) is 0 Å². The number of allylic oxidation sites excluding steroid dienone is 3. The molecule has 1 heterocycles. The molecule has 3 aliphatic rings. The van der Waals surface area contributed by atoms with Crippen LogP contribution in [0.1, 0.15) is 66.2 Å². The largest absolute Gasteiger partial charge is 0.466 e. The Morgan fingerprint density at radius 2 is 1.88 bits per heavy atom. The summed E-state index contributed by atoms with van der Waals surface area (Å²) in [4.78, 5) is 45.8. The van der Waals surface area contributed by atoms with E-state index in [-0.39, 0.29) is 42.4 Å². The molecule has 10 heteroatoms. The second kappa shape index (κ2) is 12.5. The van der Waals surface area contributed by atoms with Crippen LogP contribution in [0.2, 0.25) is 0 Å². The van der Waals surface area contributed by atoms with E-state index in [1.54, 1.807) is 0 Å². The number of cyclic esters (lactones) is 1. The molecule has 3 rings (SSSR count). The van der Waals surface area contributed by atoms with Crippen LogP contribution >= 0.6 is 7.82 Å². The zero-order valence-electron chi connectivity index (χ0n) is 20.4. The Kier molecular flexibility index (Phi) is 10.5. The van der Waals surface area contributed by atoms with Crippen LogP contribution in [0.3, 0.4) is 0 Å². The van der Waals surface area contributed by atoms with Gasteiger partial charge in [-0.25, -0.2) is 4.57 Å². The predicted octanol–water partition coefficient (Wildman–Crippen LogP) is 3.27. The molecule has 9 nitrogen and oxygen atoms in total. The molecule has 0 aromatic heterocycles. The number of hydrogen-bond acceptors (Lipinski definition) is 6. The van der Waals surface area contributed by atoms with Gasteiger partial charge in [0.05, 0.1) is 18.4 Å². The molecule has 0 aromatic rings. The average molecular weight is 503 g/mol. The van der Waals surface area contributed by atoms with Gasteiger partial charge in [0.25, 0.3) is 0 Å². The molecular formula is C24H39O9P. The molecule has 4 N–H and O–H groups in total. The average Bonchev–Trinajstić information content (AvgIpc) is 2.70. The molecule has 0 amide bonds. The summed E-state index contributed by atoms with van der Waals surface area (Å²) in [6, 6.07) is 0. The fourth-order valence-corrected chi connectivity index (χ4v) is 5.07. The number of fused-ring (bicyclic) bond motifs is 1. The maximum Gasteiger partial charge on any atom is 0.466 e. The maximum absolute atomic E-state index is 12.5. The number of hydrogen-bond donors (Lipinski definition) is 4. The van der Waals surface area contributed by atoms with Crippen LogP contribution in [0, 0.1) is 29.6 Å². The molecular weight excluding hydrogens is 463 g/mol. The molecule has 1 aliphatic heterocycles. The van der Waals surface area contributed by atoms with Gasteiger partial charge in [-0.1, -0.05) is 45.9 Å². The molecule has 1 saturated heterocycles. The summed E-state index contributed by atoms with van der Waals surface area (Å²) in [5, 5.41) is 9.89. The second-order valence-electron chi connectivity index (χ2n) is 9.87. The monoisotopic (exact) mass is 502 g/mol. The molecule has 0 bridgehead atoms. The number of phosphoric acid groups is 1. The van der Waals surface area contributed by atoms with E-state index in [1.807, 2.05) is 13.8 Å². The van der Waals surface area contributed by atoms with E-state index in [4.69, 9.17) is 28.7 Å². The van der Waals surface area contributed by atoms with Gasteiger partial charge >= 0.3 is 19.8 Å². The number of ether oxygens (including phenoxy) is 2. The predicted molar refractivity (Wildman–Crippen MR) is 125 cm³/mol. The molecule has 1 fully saturated rings. The first-order valence-electron chi connectivity index (χ1n) is 12.0. The minimum atomic E-state index is -4.64. The first-order valence-corrected chi connectivity index (χ1v) is 13.6. The first kappa shape index (κ1) is 28.7. The van der Waals surface area contributed by atoms with Crippen molar-refractivity contribution in [1.82, 2.24) is 0 Å². The van der Waals surface area contributed by atoms with E-state index in [1.165, 1.54) is 5.57 Å². The van der Waals surface area contributed by atoms with Gasteiger partial charge in [0.2, 0.25) is 0 Å². The molecule has 0 saturated carbocycles. The van der Waals surface area contributed by atoms with Gasteiger partial charge in [0.15, 0.2) is 0 Å². The van der Waals surface area contributed by atoms with Crippen LogP contribution in [0.15, 0.2) is 23.8 Å². The summed E-state index contributed by atoms with van der Waals surface area (Å²) >= 11 is 0. The highest BCUT2D eigenvalue weighted by Gasteiger charge is 2.42. The van der Waals surface area contributed by atoms with Crippen molar-refractivity contribution in [3.8, 4) is 0 Å². The third-order valence-electron chi connectivity index (χ3n) is 6.93. The van der Waals surface area contributed by atoms with Gasteiger partial charge in [-0.05, 0) is 49.0 Å². The summed E-state index contributed by atoms with van der Waals surface area (Å²) in [6.45, 7) is 8.33. The number of aliphatic hydroxyl groups is 1. The number of carbonyl (C=O) groups excluding carboxylic acids is 2. The Bertz CT molecular complexity index is 809. The Hall–Kier alpha value is -1.51. The lowest BCUT2D eigenvalue weighted by molar-refractivity contribution is -0.162. The van der Waals surface area contributed by atoms with Crippen LogP contribution in [-0.4, -0.2) is 50.0 Å². The third-order valence-corrected chi connectivity index (χ3v) is 6.93. The van der Waals surface area contributed by atoms with Crippen molar-refractivity contribution in [2.75, 3.05) is 0 Å². The number of rotatable bonds is 6. The topological polar surface area (TPSA) is 151 Å². The molecule has 0 aromatic carbocycles. The van der Waals surface area contributed by atoms with E-state index < -0.39 is 13.9 Å². The molecule has 2 aliphatic carbocycles. The molecule has 0 radical (unpaired) electrons. The number of esters is 2. The highest BCUT2D eigenvalue weighted by atomic mass is 31.2. The fraction of sp³-hybridized carbons (Fsp3) is 0.750. The summed E-state index contributed by atoms with van der Waals surface area (Å²) in [7, 11) is -4.64. The van der Waals surface area contributed by atoms with Gasteiger partial charge < -0.3 is 29.3 Å². The van der Waals surface area contributed by atoms with Crippen LogP contribution in [0.4, 0.5) is 0 Å². The lowest BCUT2D eigenvalue weighted by atomic mass is 9.65. The zero-order valence-corrected chi connectivity index (χ0v) is 21.3. The summed E-state index contributed by atoms with van der Waals surface area (Å²) < 4.78 is 20.4. The lowest BCUT2D eigenvalue weighted by Crippen LogP contribution is -2.42. The van der Waals surface area contributed by atoms with Gasteiger partial charge in [0.1, 0.15) is 12.2 Å². The molecule has 0 unspecified atom stereocenters. The normalized spacial score (nSPS) is 34.1. The van der Waals surface area contributed by atoms with E-state index >= 15 is 0 Å². The molecule has 8 atom stereocenters. The van der Waals surface area contributed by atoms with Crippen molar-refractivity contribution in [1.29, 1.82) is 0 Å². The highest BCUT2D eigenvalue weighted by molar-refractivity contribution is 7.45. The SMILES string of the molecule is CC[C@H](C)C(=O)O[C@H]1C[C@@H](C)C=C2C=C[C@H](C)[C@H](CC[C@@H]3C[C@@H](O)CC(=O)O3)[C@H]21.O=P(O)(O)O. The Balaban J connectivity index is 0.000000739. The van der Waals surface area contributed by atoms with Crippen molar-refractivity contribution in [2.24, 2.45) is 29.6 Å². The summed E-state index contributed by atoms with van der Waals surface area (Å²) in [6.07, 6.45) is 9.70. The van der Waals surface area contributed by atoms with Gasteiger partial charge in [-0.3, -0.25) is 9.59 Å². The zero-order chi connectivity index (χ0) is 25.6.